The van der Waals surface area contributed by atoms with E-state index >= 15 is 0 Å². The van der Waals surface area contributed by atoms with Crippen LogP contribution in [0.4, 0.5) is 0 Å². The highest BCUT2D eigenvalue weighted by Crippen LogP contribution is 2.43. The first-order valence-corrected chi connectivity index (χ1v) is 10.3. The lowest BCUT2D eigenvalue weighted by molar-refractivity contribution is -0.150. The normalized spacial score (nSPS) is 16.2. The van der Waals surface area contributed by atoms with Crippen LogP contribution >= 0.6 is 11.3 Å². The summed E-state index contributed by atoms with van der Waals surface area (Å²) < 4.78 is 11.3. The number of rotatable bonds is 3. The molecule has 1 aromatic heterocycles. The van der Waals surface area contributed by atoms with Gasteiger partial charge in [0.2, 0.25) is 0 Å². The standard InChI is InChI=1S/C22H31NO4S/c1-12-10-11-28-18(12)17-15(19(24)26-21(4,5)6)13(2)23-14(3)16(17)20(25)27-22(7,8)9/h10-11,17,23H,1-9H3. The molecule has 0 aliphatic carbocycles. The van der Waals surface area contributed by atoms with Gasteiger partial charge in [0.1, 0.15) is 11.2 Å². The molecule has 2 rings (SSSR count). The molecule has 0 aromatic carbocycles. The van der Waals surface area contributed by atoms with E-state index in [2.05, 4.69) is 5.32 Å². The largest absolute Gasteiger partial charge is 0.457 e. The van der Waals surface area contributed by atoms with Crippen LogP contribution in [0.5, 0.6) is 0 Å². The second kappa shape index (κ2) is 7.74. The predicted octanol–water partition coefficient (Wildman–Crippen LogP) is 4.97. The number of dihydropyridines is 1. The summed E-state index contributed by atoms with van der Waals surface area (Å²) >= 11 is 1.53. The second-order valence-electron chi connectivity index (χ2n) is 9.11. The third-order valence-electron chi connectivity index (χ3n) is 4.16. The molecule has 28 heavy (non-hydrogen) atoms. The molecule has 1 aliphatic heterocycles. The van der Waals surface area contributed by atoms with Crippen LogP contribution in [0.25, 0.3) is 0 Å². The highest BCUT2D eigenvalue weighted by atomic mass is 32.1. The SMILES string of the molecule is CC1=C(C(=O)OC(C)(C)C)C(c2sccc2C)C(C(=O)OC(C)(C)C)=C(C)N1. The molecule has 154 valence electrons. The van der Waals surface area contributed by atoms with E-state index in [-0.39, 0.29) is 0 Å². The van der Waals surface area contributed by atoms with Crippen LogP contribution in [-0.4, -0.2) is 23.1 Å². The number of allylic oxidation sites excluding steroid dienone is 2. The van der Waals surface area contributed by atoms with Crippen molar-refractivity contribution in [2.24, 2.45) is 0 Å². The summed E-state index contributed by atoms with van der Waals surface area (Å²) in [6, 6.07) is 1.99. The Hall–Kier alpha value is -2.08. The molecule has 0 fully saturated rings. The average molecular weight is 406 g/mol. The summed E-state index contributed by atoms with van der Waals surface area (Å²) in [7, 11) is 0. The van der Waals surface area contributed by atoms with Crippen LogP contribution in [-0.2, 0) is 19.1 Å². The number of carbonyl (C=O) groups is 2. The van der Waals surface area contributed by atoms with Crippen LogP contribution < -0.4 is 5.32 Å². The van der Waals surface area contributed by atoms with Gasteiger partial charge in [-0.25, -0.2) is 9.59 Å². The minimum atomic E-state index is -0.637. The zero-order chi connectivity index (χ0) is 21.4. The monoisotopic (exact) mass is 405 g/mol. The van der Waals surface area contributed by atoms with Crippen molar-refractivity contribution in [2.75, 3.05) is 0 Å². The third kappa shape index (κ3) is 5.04. The van der Waals surface area contributed by atoms with Crippen molar-refractivity contribution in [3.8, 4) is 0 Å². The molecule has 0 unspecified atom stereocenters. The zero-order valence-electron chi connectivity index (χ0n) is 18.3. The van der Waals surface area contributed by atoms with Crippen LogP contribution in [0.3, 0.4) is 0 Å². The smallest absolute Gasteiger partial charge is 0.337 e. The van der Waals surface area contributed by atoms with Crippen LogP contribution in [0, 0.1) is 6.92 Å². The van der Waals surface area contributed by atoms with E-state index < -0.39 is 29.1 Å². The maximum atomic E-state index is 13.1. The van der Waals surface area contributed by atoms with Crippen LogP contribution in [0.15, 0.2) is 34.0 Å². The zero-order valence-corrected chi connectivity index (χ0v) is 19.1. The van der Waals surface area contributed by atoms with Gasteiger partial charge in [-0.3, -0.25) is 0 Å². The highest BCUT2D eigenvalue weighted by molar-refractivity contribution is 7.10. The van der Waals surface area contributed by atoms with Gasteiger partial charge in [0.15, 0.2) is 0 Å². The topological polar surface area (TPSA) is 64.6 Å². The van der Waals surface area contributed by atoms with E-state index in [4.69, 9.17) is 9.47 Å². The predicted molar refractivity (Wildman–Crippen MR) is 112 cm³/mol. The van der Waals surface area contributed by atoms with E-state index in [1.165, 1.54) is 11.3 Å². The number of hydrogen-bond donors (Lipinski definition) is 1. The average Bonchev–Trinajstić information content (AvgIpc) is 2.88. The molecule has 6 heteroatoms. The fraction of sp³-hybridized carbons (Fsp3) is 0.545. The Labute approximate surface area is 171 Å². The maximum absolute atomic E-state index is 13.1. The molecule has 5 nitrogen and oxygen atoms in total. The highest BCUT2D eigenvalue weighted by Gasteiger charge is 2.41. The number of aryl methyl sites for hydroxylation is 1. The quantitative estimate of drug-likeness (QED) is 0.719. The minimum absolute atomic E-state index is 0.427. The van der Waals surface area contributed by atoms with Gasteiger partial charge in [-0.05, 0) is 79.3 Å². The number of thiophene rings is 1. The Bertz CT molecular complexity index is 797. The Morgan fingerprint density at radius 3 is 1.64 bits per heavy atom. The fourth-order valence-electron chi connectivity index (χ4n) is 3.14. The molecule has 0 saturated heterocycles. The summed E-state index contributed by atoms with van der Waals surface area (Å²) in [6.07, 6.45) is 0. The van der Waals surface area contributed by atoms with Crippen LogP contribution in [0.1, 0.15) is 71.7 Å². The molecule has 0 atom stereocenters. The van der Waals surface area contributed by atoms with E-state index in [9.17, 15) is 9.59 Å². The Morgan fingerprint density at radius 2 is 1.32 bits per heavy atom. The van der Waals surface area contributed by atoms with Crippen molar-refractivity contribution in [1.29, 1.82) is 0 Å². The summed E-state index contributed by atoms with van der Waals surface area (Å²) in [5, 5.41) is 5.16. The van der Waals surface area contributed by atoms with Gasteiger partial charge < -0.3 is 14.8 Å². The van der Waals surface area contributed by atoms with E-state index in [1.807, 2.05) is 73.8 Å². The van der Waals surface area contributed by atoms with E-state index in [0.29, 0.717) is 22.5 Å². The van der Waals surface area contributed by atoms with Crippen LogP contribution in [0.2, 0.25) is 0 Å². The summed E-state index contributed by atoms with van der Waals surface area (Å²) in [5.41, 5.74) is 2.04. The number of nitrogens with one attached hydrogen (secondary N) is 1. The maximum Gasteiger partial charge on any atom is 0.337 e. The Morgan fingerprint density at radius 1 is 0.893 bits per heavy atom. The molecule has 0 radical (unpaired) electrons. The van der Waals surface area contributed by atoms with Gasteiger partial charge in [0, 0.05) is 16.3 Å². The van der Waals surface area contributed by atoms with Crippen molar-refractivity contribution in [3.05, 3.63) is 44.4 Å². The van der Waals surface area contributed by atoms with Crippen molar-refractivity contribution >= 4 is 23.3 Å². The molecule has 2 heterocycles. The Kier molecular flexibility index (Phi) is 6.14. The molecular formula is C22H31NO4S. The van der Waals surface area contributed by atoms with Gasteiger partial charge in [-0.1, -0.05) is 0 Å². The molecule has 0 bridgehead atoms. The molecule has 0 amide bonds. The Balaban J connectivity index is 2.62. The van der Waals surface area contributed by atoms with Gasteiger partial charge in [-0.15, -0.1) is 11.3 Å². The molecule has 1 N–H and O–H groups in total. The van der Waals surface area contributed by atoms with Crippen molar-refractivity contribution in [1.82, 2.24) is 5.32 Å². The third-order valence-corrected chi connectivity index (χ3v) is 5.25. The van der Waals surface area contributed by atoms with E-state index in [0.717, 1.165) is 10.4 Å². The van der Waals surface area contributed by atoms with Crippen molar-refractivity contribution < 1.29 is 19.1 Å². The van der Waals surface area contributed by atoms with Gasteiger partial charge in [-0.2, -0.15) is 0 Å². The lowest BCUT2D eigenvalue weighted by Crippen LogP contribution is -2.36. The first kappa shape index (κ1) is 22.2. The molecule has 1 aromatic rings. The van der Waals surface area contributed by atoms with Gasteiger partial charge in [0.25, 0.3) is 0 Å². The minimum Gasteiger partial charge on any atom is -0.457 e. The molecule has 0 saturated carbocycles. The number of esters is 2. The second-order valence-corrected chi connectivity index (χ2v) is 10.1. The first-order valence-electron chi connectivity index (χ1n) is 9.40. The summed E-state index contributed by atoms with van der Waals surface area (Å²) in [6.45, 7) is 16.6. The number of ether oxygens (including phenoxy) is 2. The summed E-state index contributed by atoms with van der Waals surface area (Å²) in [5.74, 6) is -1.38. The van der Waals surface area contributed by atoms with Gasteiger partial charge >= 0.3 is 11.9 Å². The number of carbonyl (C=O) groups excluding carboxylic acids is 2. The lowest BCUT2D eigenvalue weighted by Gasteiger charge is -2.33. The van der Waals surface area contributed by atoms with Crippen molar-refractivity contribution in [3.63, 3.8) is 0 Å². The molecule has 1 aliphatic rings. The lowest BCUT2D eigenvalue weighted by atomic mass is 9.83. The van der Waals surface area contributed by atoms with Crippen molar-refractivity contribution in [2.45, 2.75) is 79.4 Å². The van der Waals surface area contributed by atoms with Gasteiger partial charge in [0.05, 0.1) is 17.1 Å². The molecule has 0 spiro atoms. The van der Waals surface area contributed by atoms with E-state index in [1.54, 1.807) is 0 Å². The fourth-order valence-corrected chi connectivity index (χ4v) is 4.19. The molecular weight excluding hydrogens is 374 g/mol. The first-order chi connectivity index (χ1) is 12.7. The number of hydrogen-bond acceptors (Lipinski definition) is 6. The summed E-state index contributed by atoms with van der Waals surface area (Å²) in [4.78, 5) is 27.2.